The zero-order chi connectivity index (χ0) is 15.7. The Bertz CT molecular complexity index is 769. The Morgan fingerprint density at radius 1 is 1.27 bits per heavy atom. The monoisotopic (exact) mass is 319 g/mol. The standard InChI is InChI=1S/C16H21N3O2S/c1-12(17)15-8-2-3-11-19(15)22(20,21)16-9-4-7-14-13(16)6-5-10-18-14/h4-7,9-10,12,15H,2-3,8,11,17H2,1H3/t12-,15-/m0/s1. The number of nitrogens with two attached hydrogens (primary N) is 1. The van der Waals surface area contributed by atoms with Gasteiger partial charge in [0.25, 0.3) is 0 Å². The Balaban J connectivity index is 2.11. The maximum Gasteiger partial charge on any atom is 0.244 e. The molecule has 22 heavy (non-hydrogen) atoms. The molecule has 5 nitrogen and oxygen atoms in total. The fourth-order valence-corrected chi connectivity index (χ4v) is 5.16. The van der Waals surface area contributed by atoms with Crippen molar-refractivity contribution in [3.63, 3.8) is 0 Å². The number of pyridine rings is 1. The van der Waals surface area contributed by atoms with Crippen LogP contribution < -0.4 is 5.73 Å². The Kier molecular flexibility index (Phi) is 4.16. The molecule has 118 valence electrons. The number of benzene rings is 1. The van der Waals surface area contributed by atoms with Crippen LogP contribution in [0.15, 0.2) is 41.4 Å². The number of hydrogen-bond acceptors (Lipinski definition) is 4. The molecule has 1 aromatic heterocycles. The number of sulfonamides is 1. The third-order valence-corrected chi connectivity index (χ3v) is 6.28. The predicted molar refractivity (Wildman–Crippen MR) is 86.9 cm³/mol. The molecule has 0 aliphatic carbocycles. The summed E-state index contributed by atoms with van der Waals surface area (Å²) in [5, 5.41) is 0.666. The minimum absolute atomic E-state index is 0.134. The predicted octanol–water partition coefficient (Wildman–Crippen LogP) is 2.13. The maximum absolute atomic E-state index is 13.2. The molecule has 0 bridgehead atoms. The van der Waals surface area contributed by atoms with Gasteiger partial charge in [0, 0.05) is 30.2 Å². The van der Waals surface area contributed by atoms with Crippen molar-refractivity contribution in [3.8, 4) is 0 Å². The third-order valence-electron chi connectivity index (χ3n) is 4.30. The number of piperidine rings is 1. The summed E-state index contributed by atoms with van der Waals surface area (Å²) in [4.78, 5) is 4.57. The molecule has 2 heterocycles. The molecular weight excluding hydrogens is 298 g/mol. The summed E-state index contributed by atoms with van der Waals surface area (Å²) in [6, 6.07) is 8.49. The first-order valence-corrected chi connectivity index (χ1v) is 9.07. The molecule has 0 radical (unpaired) electrons. The van der Waals surface area contributed by atoms with Crippen LogP contribution in [0, 0.1) is 0 Å². The molecule has 6 heteroatoms. The Labute approximate surface area is 131 Å². The van der Waals surface area contributed by atoms with Crippen LogP contribution in [0.1, 0.15) is 26.2 Å². The van der Waals surface area contributed by atoms with Gasteiger partial charge in [0.2, 0.25) is 10.0 Å². The molecule has 2 atom stereocenters. The van der Waals surface area contributed by atoms with Crippen LogP contribution in [0.5, 0.6) is 0 Å². The minimum atomic E-state index is -3.57. The molecule has 0 amide bonds. The van der Waals surface area contributed by atoms with E-state index in [9.17, 15) is 8.42 Å². The number of aromatic nitrogens is 1. The van der Waals surface area contributed by atoms with E-state index in [0.717, 1.165) is 19.3 Å². The lowest BCUT2D eigenvalue weighted by Crippen LogP contribution is -2.51. The van der Waals surface area contributed by atoms with Crippen LogP contribution in [0.2, 0.25) is 0 Å². The lowest BCUT2D eigenvalue weighted by Gasteiger charge is -2.37. The van der Waals surface area contributed by atoms with Crippen molar-refractivity contribution in [1.82, 2.24) is 9.29 Å². The van der Waals surface area contributed by atoms with Gasteiger partial charge in [0.15, 0.2) is 0 Å². The van der Waals surface area contributed by atoms with Gasteiger partial charge in [-0.3, -0.25) is 4.98 Å². The second-order valence-electron chi connectivity index (χ2n) is 5.86. The van der Waals surface area contributed by atoms with Crippen molar-refractivity contribution in [1.29, 1.82) is 0 Å². The highest BCUT2D eigenvalue weighted by Gasteiger charge is 2.36. The van der Waals surface area contributed by atoms with E-state index in [1.54, 1.807) is 34.8 Å². The highest BCUT2D eigenvalue weighted by Crippen LogP contribution is 2.30. The molecule has 2 aromatic rings. The van der Waals surface area contributed by atoms with Crippen molar-refractivity contribution in [3.05, 3.63) is 36.5 Å². The van der Waals surface area contributed by atoms with Gasteiger partial charge in [-0.15, -0.1) is 0 Å². The van der Waals surface area contributed by atoms with Gasteiger partial charge < -0.3 is 5.73 Å². The van der Waals surface area contributed by atoms with Crippen molar-refractivity contribution in [2.75, 3.05) is 6.54 Å². The maximum atomic E-state index is 13.2. The topological polar surface area (TPSA) is 76.3 Å². The van der Waals surface area contributed by atoms with Crippen LogP contribution in [-0.2, 0) is 10.0 Å². The van der Waals surface area contributed by atoms with E-state index < -0.39 is 10.0 Å². The number of hydrogen-bond donors (Lipinski definition) is 1. The summed E-state index contributed by atoms with van der Waals surface area (Å²) in [6.07, 6.45) is 4.39. The number of rotatable bonds is 3. The van der Waals surface area contributed by atoms with E-state index in [2.05, 4.69) is 4.98 Å². The first-order chi connectivity index (χ1) is 10.5. The first-order valence-electron chi connectivity index (χ1n) is 7.63. The quantitative estimate of drug-likeness (QED) is 0.940. The smallest absolute Gasteiger partial charge is 0.244 e. The zero-order valence-corrected chi connectivity index (χ0v) is 13.5. The van der Waals surface area contributed by atoms with E-state index >= 15 is 0 Å². The van der Waals surface area contributed by atoms with Crippen LogP contribution >= 0.6 is 0 Å². The van der Waals surface area contributed by atoms with Crippen LogP contribution in [-0.4, -0.2) is 36.3 Å². The second kappa shape index (κ2) is 5.95. The average molecular weight is 319 g/mol. The van der Waals surface area contributed by atoms with E-state index in [0.29, 0.717) is 22.3 Å². The van der Waals surface area contributed by atoms with Crippen LogP contribution in [0.3, 0.4) is 0 Å². The highest BCUT2D eigenvalue weighted by atomic mass is 32.2. The Hall–Kier alpha value is -1.50. The van der Waals surface area contributed by atoms with Crippen LogP contribution in [0.25, 0.3) is 10.9 Å². The van der Waals surface area contributed by atoms with Gasteiger partial charge in [0.1, 0.15) is 0 Å². The molecule has 0 unspecified atom stereocenters. The Morgan fingerprint density at radius 2 is 2.09 bits per heavy atom. The number of nitrogens with zero attached hydrogens (tertiary/aromatic N) is 2. The first kappa shape index (κ1) is 15.4. The summed E-state index contributed by atoms with van der Waals surface area (Å²) >= 11 is 0. The molecular formula is C16H21N3O2S. The molecule has 0 spiro atoms. The lowest BCUT2D eigenvalue weighted by atomic mass is 10.00. The molecule has 1 aliphatic heterocycles. The largest absolute Gasteiger partial charge is 0.326 e. The van der Waals surface area contributed by atoms with Gasteiger partial charge in [-0.2, -0.15) is 4.31 Å². The van der Waals surface area contributed by atoms with Crippen molar-refractivity contribution < 1.29 is 8.42 Å². The molecule has 1 fully saturated rings. The minimum Gasteiger partial charge on any atom is -0.326 e. The molecule has 2 N–H and O–H groups in total. The molecule has 1 saturated heterocycles. The van der Waals surface area contributed by atoms with E-state index in [1.165, 1.54) is 0 Å². The summed E-state index contributed by atoms with van der Waals surface area (Å²) in [5.41, 5.74) is 6.72. The van der Waals surface area contributed by atoms with Gasteiger partial charge in [0.05, 0.1) is 10.4 Å². The van der Waals surface area contributed by atoms with Gasteiger partial charge in [-0.05, 0) is 44.0 Å². The number of fused-ring (bicyclic) bond motifs is 1. The summed E-state index contributed by atoms with van der Waals surface area (Å²) in [7, 11) is -3.57. The van der Waals surface area contributed by atoms with Crippen molar-refractivity contribution >= 4 is 20.9 Å². The summed E-state index contributed by atoms with van der Waals surface area (Å²) in [6.45, 7) is 2.41. The second-order valence-corrected chi connectivity index (χ2v) is 7.72. The van der Waals surface area contributed by atoms with Gasteiger partial charge in [-0.1, -0.05) is 12.5 Å². The molecule has 3 rings (SSSR count). The average Bonchev–Trinajstić information content (AvgIpc) is 2.54. The SMILES string of the molecule is C[C@H](N)[C@@H]1CCCCN1S(=O)(=O)c1cccc2ncccc12. The molecule has 0 saturated carbocycles. The summed E-state index contributed by atoms with van der Waals surface area (Å²) in [5.74, 6) is 0. The fourth-order valence-electron chi connectivity index (χ4n) is 3.18. The summed E-state index contributed by atoms with van der Waals surface area (Å²) < 4.78 is 27.9. The van der Waals surface area contributed by atoms with Gasteiger partial charge >= 0.3 is 0 Å². The normalized spacial score (nSPS) is 21.8. The van der Waals surface area contributed by atoms with E-state index in [4.69, 9.17) is 5.73 Å². The fraction of sp³-hybridized carbons (Fsp3) is 0.438. The van der Waals surface area contributed by atoms with Gasteiger partial charge in [-0.25, -0.2) is 8.42 Å². The molecule has 1 aliphatic rings. The van der Waals surface area contributed by atoms with Crippen LogP contribution in [0.4, 0.5) is 0 Å². The third kappa shape index (κ3) is 2.62. The molecule has 1 aromatic carbocycles. The lowest BCUT2D eigenvalue weighted by molar-refractivity contribution is 0.227. The van der Waals surface area contributed by atoms with Crippen molar-refractivity contribution in [2.45, 2.75) is 43.2 Å². The highest BCUT2D eigenvalue weighted by molar-refractivity contribution is 7.89. The zero-order valence-electron chi connectivity index (χ0n) is 12.6. The van der Waals surface area contributed by atoms with E-state index in [-0.39, 0.29) is 12.1 Å². The Morgan fingerprint density at radius 3 is 2.86 bits per heavy atom. The van der Waals surface area contributed by atoms with E-state index in [1.807, 2.05) is 13.0 Å². The van der Waals surface area contributed by atoms with Crippen molar-refractivity contribution in [2.24, 2.45) is 5.73 Å².